The number of nitrogens with one attached hydrogen (secondary N) is 1. The summed E-state index contributed by atoms with van der Waals surface area (Å²) in [6.45, 7) is 2.38. The molecule has 0 saturated carbocycles. The van der Waals surface area contributed by atoms with Gasteiger partial charge in [0.15, 0.2) is 11.7 Å². The number of hydrogen-bond acceptors (Lipinski definition) is 4. The summed E-state index contributed by atoms with van der Waals surface area (Å²) < 4.78 is 5.65. The van der Waals surface area contributed by atoms with Crippen molar-refractivity contribution in [1.29, 1.82) is 0 Å². The second-order valence-electron chi connectivity index (χ2n) is 5.33. The minimum absolute atomic E-state index is 0.0555. The Labute approximate surface area is 134 Å². The van der Waals surface area contributed by atoms with Gasteiger partial charge in [-0.05, 0) is 13.3 Å². The van der Waals surface area contributed by atoms with E-state index in [1.807, 2.05) is 31.2 Å². The van der Waals surface area contributed by atoms with E-state index in [1.54, 1.807) is 6.20 Å². The highest BCUT2D eigenvalue weighted by Crippen LogP contribution is 2.21. The third-order valence-corrected chi connectivity index (χ3v) is 3.35. The lowest BCUT2D eigenvalue weighted by Gasteiger charge is -2.02. The van der Waals surface area contributed by atoms with Gasteiger partial charge in [-0.3, -0.25) is 9.59 Å². The molecule has 0 radical (unpaired) electrons. The lowest BCUT2D eigenvalue weighted by atomic mass is 10.1. The lowest BCUT2D eigenvalue weighted by molar-refractivity contribution is -0.137. The minimum Gasteiger partial charge on any atom is -0.481 e. The monoisotopic (exact) mass is 316 g/mol. The van der Waals surface area contributed by atoms with E-state index >= 15 is 0 Å². The molecule has 0 atom stereocenters. The van der Waals surface area contributed by atoms with Crippen LogP contribution in [0.2, 0.25) is 0 Å². The molecule has 0 bridgehead atoms. The quantitative estimate of drug-likeness (QED) is 0.730. The first-order chi connectivity index (χ1) is 11.0. The molecule has 6 heteroatoms. The number of benzene rings is 1. The highest BCUT2D eigenvalue weighted by atomic mass is 16.4. The Balaban J connectivity index is 1.77. The number of aromatic nitrogens is 1. The van der Waals surface area contributed by atoms with Crippen LogP contribution in [-0.4, -0.2) is 28.5 Å². The maximum Gasteiger partial charge on any atom is 0.303 e. The molecule has 0 aliphatic carbocycles. The van der Waals surface area contributed by atoms with Gasteiger partial charge in [-0.25, -0.2) is 4.98 Å². The van der Waals surface area contributed by atoms with Gasteiger partial charge in [-0.15, -0.1) is 0 Å². The molecule has 0 aliphatic rings. The number of aliphatic carboxylic acids is 1. The normalized spacial score (nSPS) is 10.5. The van der Waals surface area contributed by atoms with Gasteiger partial charge >= 0.3 is 5.97 Å². The van der Waals surface area contributed by atoms with Gasteiger partial charge in [0.2, 0.25) is 5.91 Å². The molecule has 1 aromatic heterocycles. The van der Waals surface area contributed by atoms with Crippen LogP contribution in [0, 0.1) is 6.92 Å². The first kappa shape index (κ1) is 16.7. The Morgan fingerprint density at radius 2 is 1.96 bits per heavy atom. The van der Waals surface area contributed by atoms with Gasteiger partial charge in [0.25, 0.3) is 0 Å². The molecule has 0 fully saturated rings. The Kier molecular flexibility index (Phi) is 5.91. The van der Waals surface area contributed by atoms with Gasteiger partial charge in [-0.1, -0.05) is 29.8 Å². The summed E-state index contributed by atoms with van der Waals surface area (Å²) in [5.41, 5.74) is 2.13. The van der Waals surface area contributed by atoms with Crippen LogP contribution in [0.25, 0.3) is 11.3 Å². The molecule has 6 nitrogen and oxygen atoms in total. The van der Waals surface area contributed by atoms with E-state index in [-0.39, 0.29) is 18.7 Å². The number of amides is 1. The molecule has 0 unspecified atom stereocenters. The van der Waals surface area contributed by atoms with Crippen LogP contribution in [0.5, 0.6) is 0 Å². The van der Waals surface area contributed by atoms with Crippen molar-refractivity contribution in [3.05, 3.63) is 41.9 Å². The van der Waals surface area contributed by atoms with E-state index in [2.05, 4.69) is 10.3 Å². The largest absolute Gasteiger partial charge is 0.481 e. The van der Waals surface area contributed by atoms with Crippen LogP contribution >= 0.6 is 0 Å². The number of nitrogens with zero attached hydrogens (tertiary/aromatic N) is 1. The third-order valence-electron chi connectivity index (χ3n) is 3.35. The predicted octanol–water partition coefficient (Wildman–Crippen LogP) is 2.56. The zero-order valence-electron chi connectivity index (χ0n) is 13.0. The second-order valence-corrected chi connectivity index (χ2v) is 5.33. The smallest absolute Gasteiger partial charge is 0.303 e. The van der Waals surface area contributed by atoms with E-state index in [0.717, 1.165) is 5.56 Å². The zero-order valence-corrected chi connectivity index (χ0v) is 13.0. The van der Waals surface area contributed by atoms with Crippen LogP contribution in [0.1, 0.15) is 30.7 Å². The molecular formula is C17H20N2O4. The predicted molar refractivity (Wildman–Crippen MR) is 84.9 cm³/mol. The number of rotatable bonds is 8. The lowest BCUT2D eigenvalue weighted by Crippen LogP contribution is -2.25. The Morgan fingerprint density at radius 3 is 2.65 bits per heavy atom. The number of aryl methyl sites for hydroxylation is 2. The third kappa shape index (κ3) is 5.58. The maximum absolute atomic E-state index is 11.6. The van der Waals surface area contributed by atoms with Crippen LogP contribution in [0.15, 0.2) is 34.9 Å². The van der Waals surface area contributed by atoms with Crippen molar-refractivity contribution in [3.8, 4) is 11.3 Å². The van der Waals surface area contributed by atoms with Gasteiger partial charge in [0, 0.05) is 31.4 Å². The number of carbonyl (C=O) groups is 2. The summed E-state index contributed by atoms with van der Waals surface area (Å²) in [7, 11) is 0. The highest BCUT2D eigenvalue weighted by Gasteiger charge is 2.09. The van der Waals surface area contributed by atoms with Crippen molar-refractivity contribution in [1.82, 2.24) is 10.3 Å². The maximum atomic E-state index is 11.6. The average Bonchev–Trinajstić information content (AvgIpc) is 2.99. The van der Waals surface area contributed by atoms with Crippen LogP contribution in [0.4, 0.5) is 0 Å². The van der Waals surface area contributed by atoms with Gasteiger partial charge < -0.3 is 14.8 Å². The molecule has 0 saturated heterocycles. The van der Waals surface area contributed by atoms with Crippen LogP contribution in [0.3, 0.4) is 0 Å². The van der Waals surface area contributed by atoms with E-state index < -0.39 is 5.97 Å². The molecule has 1 heterocycles. The summed E-state index contributed by atoms with van der Waals surface area (Å²) in [6, 6.07) is 7.94. The second kappa shape index (κ2) is 8.12. The molecule has 0 aliphatic heterocycles. The molecule has 23 heavy (non-hydrogen) atoms. The van der Waals surface area contributed by atoms with Gasteiger partial charge in [0.1, 0.15) is 0 Å². The number of hydrogen-bond donors (Lipinski definition) is 2. The van der Waals surface area contributed by atoms with Crippen molar-refractivity contribution in [2.75, 3.05) is 6.54 Å². The summed E-state index contributed by atoms with van der Waals surface area (Å²) in [4.78, 5) is 26.2. The minimum atomic E-state index is -0.859. The molecule has 122 valence electrons. The highest BCUT2D eigenvalue weighted by molar-refractivity contribution is 5.76. The fourth-order valence-corrected chi connectivity index (χ4v) is 2.05. The fraction of sp³-hybridized carbons (Fsp3) is 0.353. The van der Waals surface area contributed by atoms with Crippen LogP contribution < -0.4 is 5.32 Å². The fourth-order valence-electron chi connectivity index (χ4n) is 2.05. The first-order valence-electron chi connectivity index (χ1n) is 7.55. The van der Waals surface area contributed by atoms with Crippen molar-refractivity contribution < 1.29 is 19.1 Å². The van der Waals surface area contributed by atoms with Crippen molar-refractivity contribution >= 4 is 11.9 Å². The molecule has 1 amide bonds. The standard InChI is InChI=1S/C17H20N2O4/c1-12-4-6-13(7-5-12)14-11-19-16(23-14)9-8-15(20)18-10-2-3-17(21)22/h4-7,11H,2-3,8-10H2,1H3,(H,18,20)(H,21,22). The van der Waals surface area contributed by atoms with E-state index in [1.165, 1.54) is 5.56 Å². The van der Waals surface area contributed by atoms with Crippen molar-refractivity contribution in [3.63, 3.8) is 0 Å². The van der Waals surface area contributed by atoms with Gasteiger partial charge in [0.05, 0.1) is 6.20 Å². The number of carbonyl (C=O) groups excluding carboxylic acids is 1. The average molecular weight is 316 g/mol. The molecule has 0 spiro atoms. The van der Waals surface area contributed by atoms with Crippen molar-refractivity contribution in [2.24, 2.45) is 0 Å². The van der Waals surface area contributed by atoms with E-state index in [9.17, 15) is 9.59 Å². The summed E-state index contributed by atoms with van der Waals surface area (Å²) >= 11 is 0. The van der Waals surface area contributed by atoms with Gasteiger partial charge in [-0.2, -0.15) is 0 Å². The molecule has 2 rings (SSSR count). The van der Waals surface area contributed by atoms with Crippen molar-refractivity contribution in [2.45, 2.75) is 32.6 Å². The summed E-state index contributed by atoms with van der Waals surface area (Å²) in [5, 5.41) is 11.2. The number of carboxylic acid groups (broad SMARTS) is 1. The number of carboxylic acids is 1. The summed E-state index contributed by atoms with van der Waals surface area (Å²) in [5.74, 6) is 0.205. The van der Waals surface area contributed by atoms with E-state index in [0.29, 0.717) is 31.0 Å². The Morgan fingerprint density at radius 1 is 1.22 bits per heavy atom. The SMILES string of the molecule is Cc1ccc(-c2cnc(CCC(=O)NCCCC(=O)O)o2)cc1. The van der Waals surface area contributed by atoms with Crippen LogP contribution in [-0.2, 0) is 16.0 Å². The number of oxazole rings is 1. The van der Waals surface area contributed by atoms with E-state index in [4.69, 9.17) is 9.52 Å². The first-order valence-corrected chi connectivity index (χ1v) is 7.55. The Bertz CT molecular complexity index is 661. The zero-order chi connectivity index (χ0) is 16.7. The molecule has 2 N–H and O–H groups in total. The molecule has 1 aromatic carbocycles. The topological polar surface area (TPSA) is 92.4 Å². The molecular weight excluding hydrogens is 296 g/mol. The molecule has 2 aromatic rings. The Hall–Kier alpha value is -2.63. The summed E-state index contributed by atoms with van der Waals surface area (Å²) in [6.07, 6.45) is 2.82.